The van der Waals surface area contributed by atoms with Gasteiger partial charge in [-0.2, -0.15) is 0 Å². The molecule has 0 N–H and O–H groups in total. The minimum atomic E-state index is 0.0418. The van der Waals surface area contributed by atoms with Gasteiger partial charge in [-0.05, 0) is 46.8 Å². The van der Waals surface area contributed by atoms with Crippen molar-refractivity contribution in [3.63, 3.8) is 0 Å². The Hall–Kier alpha value is -1.27. The van der Waals surface area contributed by atoms with Crippen molar-refractivity contribution in [3.8, 4) is 11.5 Å². The van der Waals surface area contributed by atoms with E-state index in [9.17, 15) is 4.79 Å². The van der Waals surface area contributed by atoms with E-state index in [4.69, 9.17) is 9.47 Å². The topological polar surface area (TPSA) is 42.0 Å². The van der Waals surface area contributed by atoms with E-state index in [2.05, 4.69) is 20.8 Å². The third-order valence-electron chi connectivity index (χ3n) is 4.57. The number of ether oxygens (including phenoxy) is 2. The molecule has 1 saturated heterocycles. The van der Waals surface area contributed by atoms with Crippen LogP contribution < -0.4 is 9.47 Å². The van der Waals surface area contributed by atoms with Crippen LogP contribution in [0, 0.1) is 5.92 Å². The number of piperazine rings is 1. The fraction of sp³-hybridized carbons (Fsp3) is 0.588. The van der Waals surface area contributed by atoms with Crippen molar-refractivity contribution < 1.29 is 14.3 Å². The van der Waals surface area contributed by atoms with Crippen molar-refractivity contribution >= 4 is 21.8 Å². The molecule has 0 bridgehead atoms. The highest BCUT2D eigenvalue weighted by Crippen LogP contribution is 2.36. The molecular formula is C17H23BrN2O3. The molecule has 2 fully saturated rings. The van der Waals surface area contributed by atoms with Crippen molar-refractivity contribution in [2.75, 3.05) is 46.9 Å². The first-order valence-corrected chi connectivity index (χ1v) is 8.85. The Balaban J connectivity index is 1.68. The normalized spacial score (nSPS) is 18.8. The van der Waals surface area contributed by atoms with E-state index in [-0.39, 0.29) is 5.91 Å². The third kappa shape index (κ3) is 3.80. The number of carbonyl (C=O) groups is 1. The number of amides is 1. The molecular weight excluding hydrogens is 360 g/mol. The van der Waals surface area contributed by atoms with Crippen LogP contribution in [0.3, 0.4) is 0 Å². The summed E-state index contributed by atoms with van der Waals surface area (Å²) >= 11 is 3.44. The van der Waals surface area contributed by atoms with E-state index >= 15 is 0 Å². The lowest BCUT2D eigenvalue weighted by molar-refractivity contribution is 0.0631. The molecule has 3 rings (SSSR count). The van der Waals surface area contributed by atoms with Crippen molar-refractivity contribution in [3.05, 3.63) is 22.2 Å². The second-order valence-corrected chi connectivity index (χ2v) is 7.02. The number of carbonyl (C=O) groups excluding carboxylic acids is 1. The second kappa shape index (κ2) is 7.09. The SMILES string of the molecule is COc1cc(C(=O)N2CCN(CC3CC3)CC2)cc(OC)c1Br. The van der Waals surface area contributed by atoms with Gasteiger partial charge in [0.15, 0.2) is 0 Å². The molecule has 126 valence electrons. The Labute approximate surface area is 145 Å². The number of nitrogens with zero attached hydrogens (tertiary/aromatic N) is 2. The van der Waals surface area contributed by atoms with Gasteiger partial charge in [0, 0.05) is 38.3 Å². The van der Waals surface area contributed by atoms with Gasteiger partial charge in [0.25, 0.3) is 5.91 Å². The minimum absolute atomic E-state index is 0.0418. The van der Waals surface area contributed by atoms with E-state index < -0.39 is 0 Å². The summed E-state index contributed by atoms with van der Waals surface area (Å²) < 4.78 is 11.4. The highest BCUT2D eigenvalue weighted by Gasteiger charge is 2.28. The molecule has 1 saturated carbocycles. The summed E-state index contributed by atoms with van der Waals surface area (Å²) in [6, 6.07) is 3.54. The van der Waals surface area contributed by atoms with Crippen LogP contribution in [0.4, 0.5) is 0 Å². The average molecular weight is 383 g/mol. The minimum Gasteiger partial charge on any atom is -0.495 e. The van der Waals surface area contributed by atoms with E-state index in [1.807, 2.05) is 4.90 Å². The Morgan fingerprint density at radius 3 is 2.17 bits per heavy atom. The molecule has 0 atom stereocenters. The molecule has 0 aromatic heterocycles. The van der Waals surface area contributed by atoms with Gasteiger partial charge >= 0.3 is 0 Å². The number of halogens is 1. The molecule has 1 heterocycles. The highest BCUT2D eigenvalue weighted by molar-refractivity contribution is 9.10. The van der Waals surface area contributed by atoms with Gasteiger partial charge in [-0.1, -0.05) is 0 Å². The molecule has 1 aromatic carbocycles. The smallest absolute Gasteiger partial charge is 0.254 e. The van der Waals surface area contributed by atoms with Crippen molar-refractivity contribution in [2.24, 2.45) is 5.92 Å². The van der Waals surface area contributed by atoms with E-state index in [0.29, 0.717) is 17.1 Å². The van der Waals surface area contributed by atoms with Crippen LogP contribution in [0.2, 0.25) is 0 Å². The highest BCUT2D eigenvalue weighted by atomic mass is 79.9. The predicted octanol–water partition coefficient (Wildman–Crippen LogP) is 2.63. The van der Waals surface area contributed by atoms with Crippen molar-refractivity contribution in [1.82, 2.24) is 9.80 Å². The molecule has 2 aliphatic rings. The van der Waals surface area contributed by atoms with Crippen LogP contribution >= 0.6 is 15.9 Å². The molecule has 6 heteroatoms. The van der Waals surface area contributed by atoms with Gasteiger partial charge in [0.2, 0.25) is 0 Å². The van der Waals surface area contributed by atoms with Gasteiger partial charge in [-0.3, -0.25) is 9.69 Å². The third-order valence-corrected chi connectivity index (χ3v) is 5.35. The maximum Gasteiger partial charge on any atom is 0.254 e. The molecule has 1 aromatic rings. The summed E-state index contributed by atoms with van der Waals surface area (Å²) in [5.74, 6) is 2.16. The lowest BCUT2D eigenvalue weighted by Crippen LogP contribution is -2.49. The number of methoxy groups -OCH3 is 2. The molecule has 1 aliphatic carbocycles. The van der Waals surface area contributed by atoms with Crippen LogP contribution in [0.15, 0.2) is 16.6 Å². The zero-order valence-corrected chi connectivity index (χ0v) is 15.3. The van der Waals surface area contributed by atoms with Crippen LogP contribution in [0.5, 0.6) is 11.5 Å². The first-order valence-electron chi connectivity index (χ1n) is 8.05. The first-order chi connectivity index (χ1) is 11.1. The van der Waals surface area contributed by atoms with Gasteiger partial charge in [0.05, 0.1) is 14.2 Å². The largest absolute Gasteiger partial charge is 0.495 e. The summed E-state index contributed by atoms with van der Waals surface area (Å²) in [5, 5.41) is 0. The fourth-order valence-electron chi connectivity index (χ4n) is 2.97. The summed E-state index contributed by atoms with van der Waals surface area (Å²) in [6.07, 6.45) is 2.75. The summed E-state index contributed by atoms with van der Waals surface area (Å²) in [5.41, 5.74) is 0.609. The predicted molar refractivity (Wildman–Crippen MR) is 92.3 cm³/mol. The van der Waals surface area contributed by atoms with Crippen LogP contribution in [0.25, 0.3) is 0 Å². The molecule has 0 spiro atoms. The Morgan fingerprint density at radius 2 is 1.70 bits per heavy atom. The van der Waals surface area contributed by atoms with E-state index in [1.165, 1.54) is 19.4 Å². The zero-order valence-electron chi connectivity index (χ0n) is 13.7. The molecule has 23 heavy (non-hydrogen) atoms. The molecule has 1 amide bonds. The monoisotopic (exact) mass is 382 g/mol. The number of rotatable bonds is 5. The summed E-state index contributed by atoms with van der Waals surface area (Å²) in [4.78, 5) is 17.2. The lowest BCUT2D eigenvalue weighted by atomic mass is 10.1. The maximum atomic E-state index is 12.8. The fourth-order valence-corrected chi connectivity index (χ4v) is 3.53. The number of benzene rings is 1. The number of hydrogen-bond donors (Lipinski definition) is 0. The van der Waals surface area contributed by atoms with Gasteiger partial charge < -0.3 is 14.4 Å². The van der Waals surface area contributed by atoms with Gasteiger partial charge in [-0.25, -0.2) is 0 Å². The Morgan fingerprint density at radius 1 is 1.13 bits per heavy atom. The maximum absolute atomic E-state index is 12.8. The quantitative estimate of drug-likeness (QED) is 0.784. The Bertz CT molecular complexity index is 556. The van der Waals surface area contributed by atoms with Crippen molar-refractivity contribution in [1.29, 1.82) is 0 Å². The molecule has 1 aliphatic heterocycles. The second-order valence-electron chi connectivity index (χ2n) is 6.23. The molecule has 0 unspecified atom stereocenters. The summed E-state index contributed by atoms with van der Waals surface area (Å²) in [7, 11) is 3.18. The van der Waals surface area contributed by atoms with Gasteiger partial charge in [0.1, 0.15) is 16.0 Å². The van der Waals surface area contributed by atoms with Crippen LogP contribution in [0.1, 0.15) is 23.2 Å². The van der Waals surface area contributed by atoms with Gasteiger partial charge in [-0.15, -0.1) is 0 Å². The van der Waals surface area contributed by atoms with E-state index in [1.54, 1.807) is 26.4 Å². The van der Waals surface area contributed by atoms with Crippen molar-refractivity contribution in [2.45, 2.75) is 12.8 Å². The standard InChI is InChI=1S/C17H23BrN2O3/c1-22-14-9-13(10-15(23-2)16(14)18)17(21)20-7-5-19(6-8-20)11-12-3-4-12/h9-10,12H,3-8,11H2,1-2H3. The average Bonchev–Trinajstić information content (AvgIpc) is 3.39. The summed E-state index contributed by atoms with van der Waals surface area (Å²) in [6.45, 7) is 4.69. The Kier molecular flexibility index (Phi) is 5.11. The van der Waals surface area contributed by atoms with Crippen LogP contribution in [-0.2, 0) is 0 Å². The molecule has 5 nitrogen and oxygen atoms in total. The lowest BCUT2D eigenvalue weighted by Gasteiger charge is -2.35. The zero-order chi connectivity index (χ0) is 16.4. The first kappa shape index (κ1) is 16.6. The number of hydrogen-bond acceptors (Lipinski definition) is 4. The van der Waals surface area contributed by atoms with Crippen LogP contribution in [-0.4, -0.2) is 62.7 Å². The molecule has 0 radical (unpaired) electrons. The van der Waals surface area contributed by atoms with E-state index in [0.717, 1.165) is 36.6 Å².